The Kier molecular flexibility index (Phi) is 8.51. The molecule has 0 spiro atoms. The van der Waals surface area contributed by atoms with Crippen LogP contribution in [0.1, 0.15) is 31.2 Å². The molecule has 0 aromatic carbocycles. The number of carbonyl (C=O) groups is 2. The third-order valence-electron chi connectivity index (χ3n) is 4.26. The number of aliphatic carboxylic acids is 1. The average molecular weight is 374 g/mol. The second-order valence-electron chi connectivity index (χ2n) is 6.41. The Bertz CT molecular complexity index is 660. The van der Waals surface area contributed by atoms with Crippen LogP contribution in [0.3, 0.4) is 0 Å². The number of hydrogen-bond acceptors (Lipinski definition) is 5. The van der Waals surface area contributed by atoms with Gasteiger partial charge < -0.3 is 19.8 Å². The number of ether oxygens (including phenoxy) is 1. The highest BCUT2D eigenvalue weighted by Crippen LogP contribution is 2.19. The van der Waals surface area contributed by atoms with Gasteiger partial charge in [-0.15, -0.1) is 0 Å². The Morgan fingerprint density at radius 2 is 2.33 bits per heavy atom. The van der Waals surface area contributed by atoms with E-state index in [0.29, 0.717) is 19.4 Å². The fourth-order valence-electron chi connectivity index (χ4n) is 2.91. The average Bonchev–Trinajstić information content (AvgIpc) is 2.65. The Labute approximate surface area is 159 Å². The second kappa shape index (κ2) is 11.1. The van der Waals surface area contributed by atoms with E-state index in [1.54, 1.807) is 29.4 Å². The molecule has 1 aliphatic heterocycles. The standard InChI is InChI=1S/C20H26N2O5/c23-18(14-16-4-2-10-21-15-16)8-7-17-5-1-6-19(24)22(17)11-3-12-27-13-9-20(25)26/h2-4,7-8,10,12,15,17-18,23H,1,5-6,9,11,13-14H2,(H,25,26)/t17-,18?/m1/s1. The zero-order valence-corrected chi connectivity index (χ0v) is 15.2. The lowest BCUT2D eigenvalue weighted by Gasteiger charge is -2.33. The van der Waals surface area contributed by atoms with Crippen molar-refractivity contribution in [3.63, 3.8) is 0 Å². The summed E-state index contributed by atoms with van der Waals surface area (Å²) in [5.74, 6) is -0.850. The third kappa shape index (κ3) is 7.62. The molecule has 1 fully saturated rings. The molecule has 7 heteroatoms. The number of pyridine rings is 1. The van der Waals surface area contributed by atoms with Crippen LogP contribution in [0, 0.1) is 0 Å². The van der Waals surface area contributed by atoms with Crippen LogP contribution in [0.2, 0.25) is 0 Å². The smallest absolute Gasteiger partial charge is 0.306 e. The molecule has 7 nitrogen and oxygen atoms in total. The number of likely N-dealkylation sites (tertiary alicyclic amines) is 1. The van der Waals surface area contributed by atoms with Crippen molar-refractivity contribution >= 4 is 11.9 Å². The minimum atomic E-state index is -0.912. The topological polar surface area (TPSA) is 100.0 Å². The van der Waals surface area contributed by atoms with E-state index in [1.165, 1.54) is 6.26 Å². The van der Waals surface area contributed by atoms with Crippen molar-refractivity contribution in [3.8, 4) is 0 Å². The Hall–Kier alpha value is -2.67. The van der Waals surface area contributed by atoms with Gasteiger partial charge in [0, 0.05) is 31.8 Å². The van der Waals surface area contributed by atoms with Crippen molar-refractivity contribution in [1.82, 2.24) is 9.88 Å². The zero-order valence-electron chi connectivity index (χ0n) is 15.2. The molecule has 1 aromatic rings. The van der Waals surface area contributed by atoms with Gasteiger partial charge in [0.2, 0.25) is 5.91 Å². The van der Waals surface area contributed by atoms with E-state index in [1.807, 2.05) is 18.2 Å². The number of carboxylic acid groups (broad SMARTS) is 1. The largest absolute Gasteiger partial charge is 0.501 e. The van der Waals surface area contributed by atoms with Crippen LogP contribution in [-0.4, -0.2) is 57.3 Å². The summed E-state index contributed by atoms with van der Waals surface area (Å²) in [5.41, 5.74) is 0.952. The van der Waals surface area contributed by atoms with E-state index in [2.05, 4.69) is 4.98 Å². The number of hydrogen-bond donors (Lipinski definition) is 2. The number of rotatable bonds is 10. The Balaban J connectivity index is 1.85. The van der Waals surface area contributed by atoms with Gasteiger partial charge >= 0.3 is 5.97 Å². The SMILES string of the molecule is O=C(O)CCOC=CCN1C(=O)CCC[C@@H]1C=CC(O)Cc1cccnc1. The van der Waals surface area contributed by atoms with Crippen LogP contribution in [-0.2, 0) is 20.7 Å². The monoisotopic (exact) mass is 374 g/mol. The van der Waals surface area contributed by atoms with Crippen molar-refractivity contribution < 1.29 is 24.5 Å². The molecule has 0 radical (unpaired) electrons. The van der Waals surface area contributed by atoms with Gasteiger partial charge in [-0.2, -0.15) is 0 Å². The Morgan fingerprint density at radius 3 is 3.07 bits per heavy atom. The number of aliphatic hydroxyl groups excluding tert-OH is 1. The summed E-state index contributed by atoms with van der Waals surface area (Å²) < 4.78 is 5.11. The van der Waals surface area contributed by atoms with Crippen LogP contribution < -0.4 is 0 Å². The molecule has 1 aromatic heterocycles. The van der Waals surface area contributed by atoms with E-state index < -0.39 is 12.1 Å². The minimum Gasteiger partial charge on any atom is -0.501 e. The molecular formula is C20H26N2O5. The molecule has 2 rings (SSSR count). The summed E-state index contributed by atoms with van der Waals surface area (Å²) in [6.07, 6.45) is 12.1. The van der Waals surface area contributed by atoms with Crippen LogP contribution in [0.4, 0.5) is 0 Å². The molecule has 0 aliphatic carbocycles. The van der Waals surface area contributed by atoms with Gasteiger partial charge in [-0.25, -0.2) is 0 Å². The van der Waals surface area contributed by atoms with E-state index >= 15 is 0 Å². The zero-order chi connectivity index (χ0) is 19.5. The number of piperidine rings is 1. The van der Waals surface area contributed by atoms with Gasteiger partial charge in [-0.3, -0.25) is 14.6 Å². The van der Waals surface area contributed by atoms with Crippen LogP contribution in [0.25, 0.3) is 0 Å². The highest BCUT2D eigenvalue weighted by molar-refractivity contribution is 5.77. The van der Waals surface area contributed by atoms with Crippen LogP contribution in [0.5, 0.6) is 0 Å². The van der Waals surface area contributed by atoms with Gasteiger partial charge in [-0.05, 0) is 30.5 Å². The predicted octanol–water partition coefficient (Wildman–Crippen LogP) is 1.93. The molecule has 146 valence electrons. The molecule has 2 atom stereocenters. The number of nitrogens with zero attached hydrogens (tertiary/aromatic N) is 2. The number of amides is 1. The normalized spacial score (nSPS) is 18.9. The summed E-state index contributed by atoms with van der Waals surface area (Å²) in [5, 5.41) is 18.8. The molecule has 2 N–H and O–H groups in total. The predicted molar refractivity (Wildman–Crippen MR) is 99.8 cm³/mol. The molecule has 2 heterocycles. The third-order valence-corrected chi connectivity index (χ3v) is 4.26. The second-order valence-corrected chi connectivity index (χ2v) is 6.41. The van der Waals surface area contributed by atoms with Crippen molar-refractivity contribution in [2.75, 3.05) is 13.2 Å². The molecule has 1 unspecified atom stereocenters. The van der Waals surface area contributed by atoms with E-state index in [9.17, 15) is 14.7 Å². The lowest BCUT2D eigenvalue weighted by Crippen LogP contribution is -2.42. The molecule has 27 heavy (non-hydrogen) atoms. The molecule has 0 bridgehead atoms. The van der Waals surface area contributed by atoms with Crippen LogP contribution >= 0.6 is 0 Å². The van der Waals surface area contributed by atoms with Gasteiger partial charge in [0.05, 0.1) is 31.4 Å². The van der Waals surface area contributed by atoms with E-state index in [-0.39, 0.29) is 25.0 Å². The quantitative estimate of drug-likeness (QED) is 0.369. The summed E-state index contributed by atoms with van der Waals surface area (Å²) in [7, 11) is 0. The lowest BCUT2D eigenvalue weighted by atomic mass is 10.00. The fourth-order valence-corrected chi connectivity index (χ4v) is 2.91. The van der Waals surface area contributed by atoms with Crippen LogP contribution in [0.15, 0.2) is 49.0 Å². The van der Waals surface area contributed by atoms with Gasteiger partial charge in [0.25, 0.3) is 0 Å². The van der Waals surface area contributed by atoms with Gasteiger partial charge in [0.1, 0.15) is 0 Å². The first kappa shape index (κ1) is 20.6. The highest BCUT2D eigenvalue weighted by atomic mass is 16.5. The number of carboxylic acids is 1. The first-order chi connectivity index (χ1) is 13.1. The number of aromatic nitrogens is 1. The first-order valence-electron chi connectivity index (χ1n) is 9.09. The molecule has 1 amide bonds. The molecular weight excluding hydrogens is 348 g/mol. The van der Waals surface area contributed by atoms with Crippen molar-refractivity contribution in [2.45, 2.75) is 44.2 Å². The maximum Gasteiger partial charge on any atom is 0.306 e. The van der Waals surface area contributed by atoms with Gasteiger partial charge in [-0.1, -0.05) is 18.2 Å². The van der Waals surface area contributed by atoms with E-state index in [4.69, 9.17) is 9.84 Å². The molecule has 0 saturated carbocycles. The number of aliphatic hydroxyl groups is 1. The summed E-state index contributed by atoms with van der Waals surface area (Å²) in [6, 6.07) is 3.67. The fraction of sp³-hybridized carbons (Fsp3) is 0.450. The Morgan fingerprint density at radius 1 is 1.48 bits per heavy atom. The molecule has 1 saturated heterocycles. The van der Waals surface area contributed by atoms with Crippen molar-refractivity contribution in [3.05, 3.63) is 54.6 Å². The minimum absolute atomic E-state index is 0.0623. The number of carbonyl (C=O) groups excluding carboxylic acids is 1. The van der Waals surface area contributed by atoms with E-state index in [0.717, 1.165) is 18.4 Å². The molecule has 1 aliphatic rings. The first-order valence-corrected chi connectivity index (χ1v) is 9.09. The maximum atomic E-state index is 12.2. The summed E-state index contributed by atoms with van der Waals surface area (Å²) in [4.78, 5) is 28.4. The summed E-state index contributed by atoms with van der Waals surface area (Å²) in [6.45, 7) is 0.489. The lowest BCUT2D eigenvalue weighted by molar-refractivity contribution is -0.137. The highest BCUT2D eigenvalue weighted by Gasteiger charge is 2.25. The maximum absolute atomic E-state index is 12.2. The van der Waals surface area contributed by atoms with Crippen molar-refractivity contribution in [1.29, 1.82) is 0 Å². The van der Waals surface area contributed by atoms with Gasteiger partial charge in [0.15, 0.2) is 0 Å². The van der Waals surface area contributed by atoms with Crippen molar-refractivity contribution in [2.24, 2.45) is 0 Å². The summed E-state index contributed by atoms with van der Waals surface area (Å²) >= 11 is 0.